The van der Waals surface area contributed by atoms with Gasteiger partial charge in [0.2, 0.25) is 0 Å². The fourth-order valence-corrected chi connectivity index (χ4v) is 4.94. The first-order chi connectivity index (χ1) is 17.1. The van der Waals surface area contributed by atoms with Crippen LogP contribution in [0.2, 0.25) is 5.02 Å². The molecule has 2 heterocycles. The van der Waals surface area contributed by atoms with Gasteiger partial charge in [0.25, 0.3) is 0 Å². The largest absolute Gasteiger partial charge is 0.619 e. The zero-order valence-electron chi connectivity index (χ0n) is 20.5. The monoisotopic (exact) mass is 508 g/mol. The Bertz CT molecular complexity index is 1380. The third-order valence-electron chi connectivity index (χ3n) is 6.29. The van der Waals surface area contributed by atoms with E-state index in [0.717, 1.165) is 46.8 Å². The summed E-state index contributed by atoms with van der Waals surface area (Å²) in [4.78, 5) is 12.1. The number of carbonyl (C=O) groups is 1. The van der Waals surface area contributed by atoms with Gasteiger partial charge in [0.1, 0.15) is 22.7 Å². The summed E-state index contributed by atoms with van der Waals surface area (Å²) in [7, 11) is 0. The van der Waals surface area contributed by atoms with Gasteiger partial charge >= 0.3 is 6.09 Å². The number of hydrogen-bond acceptors (Lipinski definition) is 5. The first-order valence-electron chi connectivity index (χ1n) is 12.2. The van der Waals surface area contributed by atoms with Crippen molar-refractivity contribution in [2.45, 2.75) is 64.2 Å². The summed E-state index contributed by atoms with van der Waals surface area (Å²) in [6, 6.07) is 13.4. The standard InChI is InChI=1S/C28H29ClN2O5/c1-28(2,3)36-27(32)30-18-8-10-19(11-9-18)34-20-13-21-22(24(29)14-20)15-31(33)16-23(21)26-12-17-6-4-5-7-25(17)35-26/h4-7,12-16,18-19H,8-11H2,1-3H3,(H,30,32)/t18-,19-. The van der Waals surface area contributed by atoms with Crippen molar-refractivity contribution in [3.63, 3.8) is 0 Å². The van der Waals surface area contributed by atoms with E-state index in [1.807, 2.05) is 57.2 Å². The second kappa shape index (κ2) is 9.54. The van der Waals surface area contributed by atoms with Crippen LogP contribution in [0.25, 0.3) is 33.1 Å². The van der Waals surface area contributed by atoms with E-state index in [0.29, 0.717) is 27.5 Å². The van der Waals surface area contributed by atoms with Crippen molar-refractivity contribution < 1.29 is 23.4 Å². The van der Waals surface area contributed by atoms with Crippen molar-refractivity contribution in [3.8, 4) is 17.1 Å². The van der Waals surface area contributed by atoms with Crippen LogP contribution in [0, 0.1) is 5.21 Å². The van der Waals surface area contributed by atoms with Crippen molar-refractivity contribution in [2.75, 3.05) is 0 Å². The number of fused-ring (bicyclic) bond motifs is 2. The molecule has 36 heavy (non-hydrogen) atoms. The van der Waals surface area contributed by atoms with Crippen molar-refractivity contribution >= 4 is 39.4 Å². The highest BCUT2D eigenvalue weighted by molar-refractivity contribution is 6.36. The maximum atomic E-state index is 12.4. The molecule has 0 unspecified atom stereocenters. The zero-order chi connectivity index (χ0) is 25.4. The summed E-state index contributed by atoms with van der Waals surface area (Å²) < 4.78 is 18.5. The molecule has 7 nitrogen and oxygen atoms in total. The highest BCUT2D eigenvalue weighted by Gasteiger charge is 2.26. The number of pyridine rings is 1. The maximum absolute atomic E-state index is 12.4. The molecule has 8 heteroatoms. The van der Waals surface area contributed by atoms with Crippen LogP contribution in [0.1, 0.15) is 46.5 Å². The van der Waals surface area contributed by atoms with Gasteiger partial charge in [-0.15, -0.1) is 0 Å². The second-order valence-corrected chi connectivity index (χ2v) is 10.7. The van der Waals surface area contributed by atoms with Crippen LogP contribution in [-0.4, -0.2) is 23.8 Å². The van der Waals surface area contributed by atoms with Gasteiger partial charge in [-0.25, -0.2) is 4.79 Å². The lowest BCUT2D eigenvalue weighted by atomic mass is 9.93. The summed E-state index contributed by atoms with van der Waals surface area (Å²) >= 11 is 6.60. The van der Waals surface area contributed by atoms with Crippen LogP contribution < -0.4 is 14.8 Å². The fourth-order valence-electron chi connectivity index (χ4n) is 4.68. The van der Waals surface area contributed by atoms with Crippen molar-refractivity contribution in [2.24, 2.45) is 0 Å². The Kier molecular flexibility index (Phi) is 6.43. The zero-order valence-corrected chi connectivity index (χ0v) is 21.3. The minimum Gasteiger partial charge on any atom is -0.619 e. The van der Waals surface area contributed by atoms with E-state index < -0.39 is 5.60 Å². The van der Waals surface area contributed by atoms with E-state index in [1.54, 1.807) is 6.07 Å². The molecule has 0 spiro atoms. The van der Waals surface area contributed by atoms with Crippen LogP contribution in [0.15, 0.2) is 59.3 Å². The molecule has 5 rings (SSSR count). The molecule has 2 aromatic heterocycles. The summed E-state index contributed by atoms with van der Waals surface area (Å²) in [5, 5.41) is 18.1. The molecule has 4 aromatic rings. The molecule has 0 bridgehead atoms. The molecule has 2 aromatic carbocycles. The number of carbonyl (C=O) groups excluding carboxylic acids is 1. The Hall–Kier alpha value is -3.45. The molecule has 1 aliphatic rings. The number of benzene rings is 2. The lowest BCUT2D eigenvalue weighted by molar-refractivity contribution is -0.603. The smallest absolute Gasteiger partial charge is 0.407 e. The highest BCUT2D eigenvalue weighted by Crippen LogP contribution is 2.37. The number of amides is 1. The molecule has 0 atom stereocenters. The Balaban J connectivity index is 1.35. The number of nitrogens with zero attached hydrogens (tertiary/aromatic N) is 1. The molecule has 0 aliphatic heterocycles. The average molecular weight is 509 g/mol. The van der Waals surface area contributed by atoms with E-state index in [1.165, 1.54) is 12.4 Å². The Morgan fingerprint density at radius 3 is 2.56 bits per heavy atom. The van der Waals surface area contributed by atoms with Crippen molar-refractivity contribution in [1.82, 2.24) is 5.32 Å². The quantitative estimate of drug-likeness (QED) is 0.243. The summed E-state index contributed by atoms with van der Waals surface area (Å²) in [5.41, 5.74) is 0.875. The Morgan fingerprint density at radius 2 is 1.83 bits per heavy atom. The number of furan rings is 1. The van der Waals surface area contributed by atoms with Crippen LogP contribution in [0.3, 0.4) is 0 Å². The predicted molar refractivity (Wildman–Crippen MR) is 139 cm³/mol. The number of aromatic nitrogens is 1. The Morgan fingerprint density at radius 1 is 1.08 bits per heavy atom. The minimum atomic E-state index is -0.521. The molecule has 1 N–H and O–H groups in total. The van der Waals surface area contributed by atoms with Gasteiger partial charge in [-0.2, -0.15) is 4.73 Å². The van der Waals surface area contributed by atoms with Crippen LogP contribution >= 0.6 is 11.6 Å². The maximum Gasteiger partial charge on any atom is 0.407 e. The van der Waals surface area contributed by atoms with Crippen LogP contribution in [0.5, 0.6) is 5.75 Å². The van der Waals surface area contributed by atoms with E-state index in [4.69, 9.17) is 25.5 Å². The molecule has 1 saturated carbocycles. The molecule has 1 amide bonds. The molecule has 1 fully saturated rings. The highest BCUT2D eigenvalue weighted by atomic mass is 35.5. The van der Waals surface area contributed by atoms with E-state index >= 15 is 0 Å². The molecule has 0 saturated heterocycles. The van der Waals surface area contributed by atoms with Crippen molar-refractivity contribution in [1.29, 1.82) is 0 Å². The van der Waals surface area contributed by atoms with Gasteiger partial charge in [-0.05, 0) is 70.7 Å². The number of alkyl carbamates (subject to hydrolysis) is 1. The van der Waals surface area contributed by atoms with Gasteiger partial charge in [-0.1, -0.05) is 29.8 Å². The number of halogens is 1. The number of nitrogens with one attached hydrogen (secondary N) is 1. The number of hydrogen-bond donors (Lipinski definition) is 1. The van der Waals surface area contributed by atoms with Crippen molar-refractivity contribution in [3.05, 3.63) is 65.1 Å². The normalized spacial score (nSPS) is 18.3. The van der Waals surface area contributed by atoms with E-state index in [2.05, 4.69) is 5.32 Å². The van der Waals surface area contributed by atoms with Gasteiger partial charge < -0.3 is 24.4 Å². The van der Waals surface area contributed by atoms with Crippen LogP contribution in [-0.2, 0) is 4.74 Å². The number of ether oxygens (including phenoxy) is 2. The second-order valence-electron chi connectivity index (χ2n) is 10.3. The van der Waals surface area contributed by atoms with Crippen LogP contribution in [0.4, 0.5) is 4.79 Å². The summed E-state index contributed by atoms with van der Waals surface area (Å²) in [5.74, 6) is 1.23. The Labute approximate surface area is 214 Å². The van der Waals surface area contributed by atoms with Gasteiger partial charge in [0, 0.05) is 16.8 Å². The molecular formula is C28H29ClN2O5. The first-order valence-corrected chi connectivity index (χ1v) is 12.5. The number of para-hydroxylation sites is 1. The molecule has 0 radical (unpaired) electrons. The van der Waals surface area contributed by atoms with Gasteiger partial charge in [-0.3, -0.25) is 0 Å². The third kappa shape index (κ3) is 5.36. The summed E-state index contributed by atoms with van der Waals surface area (Å²) in [6.45, 7) is 5.55. The van der Waals surface area contributed by atoms with Gasteiger partial charge in [0.15, 0.2) is 12.4 Å². The van der Waals surface area contributed by atoms with E-state index in [9.17, 15) is 10.0 Å². The molecular weight excluding hydrogens is 480 g/mol. The molecule has 1 aliphatic carbocycles. The van der Waals surface area contributed by atoms with Gasteiger partial charge in [0.05, 0.1) is 22.1 Å². The lowest BCUT2D eigenvalue weighted by Crippen LogP contribution is -2.42. The van der Waals surface area contributed by atoms with E-state index in [-0.39, 0.29) is 18.2 Å². The SMILES string of the molecule is CC(C)(C)OC(=O)N[C@H]1CC[C@H](Oc2cc(Cl)c3c[n+]([O-])cc(-c4cc5ccccc5o4)c3c2)CC1. The lowest BCUT2D eigenvalue weighted by Gasteiger charge is -2.30. The summed E-state index contributed by atoms with van der Waals surface area (Å²) in [6.07, 6.45) is 5.75. The predicted octanol–water partition coefficient (Wildman–Crippen LogP) is 6.75. The number of rotatable bonds is 4. The first kappa shape index (κ1) is 24.3. The minimum absolute atomic E-state index is 0.00184. The fraction of sp³-hybridized carbons (Fsp3) is 0.357. The average Bonchev–Trinajstić information content (AvgIpc) is 3.23. The topological polar surface area (TPSA) is 87.6 Å². The third-order valence-corrected chi connectivity index (χ3v) is 6.61. The molecule has 188 valence electrons.